The van der Waals surface area contributed by atoms with Gasteiger partial charge in [-0.05, 0) is 48.5 Å². The summed E-state index contributed by atoms with van der Waals surface area (Å²) in [4.78, 5) is 23.6. The molecule has 6 heteroatoms. The third kappa shape index (κ3) is 4.30. The summed E-state index contributed by atoms with van der Waals surface area (Å²) in [5.74, 6) is -1.01. The van der Waals surface area contributed by atoms with Crippen molar-refractivity contribution in [3.8, 4) is 17.4 Å². The molecule has 0 aliphatic carbocycles. The quantitative estimate of drug-likeness (QED) is 0.677. The highest BCUT2D eigenvalue weighted by molar-refractivity contribution is 6.02. The van der Waals surface area contributed by atoms with E-state index in [0.717, 1.165) is 5.56 Å². The van der Waals surface area contributed by atoms with E-state index in [9.17, 15) is 14.7 Å². The minimum absolute atomic E-state index is 0.278. The Hall–Kier alpha value is -4.11. The van der Waals surface area contributed by atoms with Crippen molar-refractivity contribution >= 4 is 18.0 Å². The molecule has 1 heterocycles. The van der Waals surface area contributed by atoms with Crippen LogP contribution < -0.4 is 5.32 Å². The number of aliphatic carboxylic acids is 1. The molecule has 2 N–H and O–H groups in total. The van der Waals surface area contributed by atoms with Crippen LogP contribution in [-0.4, -0.2) is 17.0 Å². The van der Waals surface area contributed by atoms with Gasteiger partial charge in [0.2, 0.25) is 0 Å². The second-order valence-electron chi connectivity index (χ2n) is 5.57. The summed E-state index contributed by atoms with van der Waals surface area (Å²) in [6, 6.07) is 20.4. The molecule has 0 bridgehead atoms. The summed E-state index contributed by atoms with van der Waals surface area (Å²) in [6.45, 7) is 0. The molecule has 0 saturated heterocycles. The van der Waals surface area contributed by atoms with Gasteiger partial charge in [0.15, 0.2) is 0 Å². The molecule has 132 valence electrons. The first-order valence-corrected chi connectivity index (χ1v) is 7.98. The lowest BCUT2D eigenvalue weighted by Crippen LogP contribution is -2.27. The maximum Gasteiger partial charge on any atom is 0.352 e. The molecule has 0 unspecified atom stereocenters. The Morgan fingerprint density at radius 3 is 2.33 bits per heavy atom. The van der Waals surface area contributed by atoms with Crippen molar-refractivity contribution in [3.63, 3.8) is 0 Å². The number of nitrogens with zero attached hydrogens (tertiary/aromatic N) is 1. The molecule has 1 amide bonds. The molecule has 2 aromatic carbocycles. The van der Waals surface area contributed by atoms with Gasteiger partial charge in [-0.3, -0.25) is 4.79 Å². The van der Waals surface area contributed by atoms with Gasteiger partial charge in [-0.25, -0.2) is 4.79 Å². The van der Waals surface area contributed by atoms with Crippen molar-refractivity contribution in [1.29, 1.82) is 5.26 Å². The first-order chi connectivity index (χ1) is 13.1. The zero-order valence-electron chi connectivity index (χ0n) is 14.0. The zero-order valence-corrected chi connectivity index (χ0v) is 14.0. The molecule has 0 aliphatic heterocycles. The molecule has 0 spiro atoms. The Kier molecular flexibility index (Phi) is 5.15. The molecule has 6 nitrogen and oxygen atoms in total. The second kappa shape index (κ2) is 7.85. The summed E-state index contributed by atoms with van der Waals surface area (Å²) in [6.07, 6.45) is 1.25. The van der Waals surface area contributed by atoms with Crippen LogP contribution in [-0.2, 0) is 4.79 Å². The number of nitrogens with one attached hydrogen (secondary N) is 1. The Balaban J connectivity index is 1.82. The minimum Gasteiger partial charge on any atom is -0.477 e. The number of carboxylic acids is 1. The lowest BCUT2D eigenvalue weighted by molar-refractivity contribution is -0.132. The number of rotatable bonds is 5. The van der Waals surface area contributed by atoms with Gasteiger partial charge in [0.25, 0.3) is 5.91 Å². The maximum absolute atomic E-state index is 12.2. The molecule has 0 saturated carbocycles. The second-order valence-corrected chi connectivity index (χ2v) is 5.57. The Morgan fingerprint density at radius 2 is 1.70 bits per heavy atom. The number of furan rings is 1. The number of carbonyl (C=O) groups excluding carboxylic acids is 1. The predicted molar refractivity (Wildman–Crippen MR) is 98.4 cm³/mol. The number of benzene rings is 2. The molecular formula is C21H14N2O4. The van der Waals surface area contributed by atoms with Gasteiger partial charge < -0.3 is 14.8 Å². The Morgan fingerprint density at radius 1 is 1.00 bits per heavy atom. The van der Waals surface area contributed by atoms with Crippen LogP contribution in [0.5, 0.6) is 0 Å². The van der Waals surface area contributed by atoms with E-state index in [0.29, 0.717) is 16.9 Å². The van der Waals surface area contributed by atoms with Crippen LogP contribution in [0.2, 0.25) is 0 Å². The highest BCUT2D eigenvalue weighted by atomic mass is 16.4. The number of carbonyl (C=O) groups is 2. The fourth-order valence-corrected chi connectivity index (χ4v) is 2.37. The van der Waals surface area contributed by atoms with Crippen LogP contribution in [0.1, 0.15) is 21.7 Å². The summed E-state index contributed by atoms with van der Waals surface area (Å²) in [5, 5.41) is 20.6. The summed E-state index contributed by atoms with van der Waals surface area (Å²) >= 11 is 0. The Labute approximate surface area is 155 Å². The van der Waals surface area contributed by atoms with Crippen LogP contribution in [0.25, 0.3) is 17.4 Å². The van der Waals surface area contributed by atoms with E-state index in [1.54, 1.807) is 66.7 Å². The van der Waals surface area contributed by atoms with Gasteiger partial charge in [0.1, 0.15) is 17.2 Å². The molecule has 3 rings (SSSR count). The number of hydrogen-bond acceptors (Lipinski definition) is 4. The topological polar surface area (TPSA) is 103 Å². The maximum atomic E-state index is 12.2. The van der Waals surface area contributed by atoms with Crippen molar-refractivity contribution in [2.24, 2.45) is 0 Å². The third-order valence-electron chi connectivity index (χ3n) is 3.73. The molecule has 1 aromatic heterocycles. The SMILES string of the molecule is N#Cc1ccc(-c2ccc(/C=C(/NC(=O)c3ccccc3)C(=O)O)o2)cc1. The molecule has 0 aliphatic rings. The highest BCUT2D eigenvalue weighted by Gasteiger charge is 2.14. The lowest BCUT2D eigenvalue weighted by Gasteiger charge is -2.05. The smallest absolute Gasteiger partial charge is 0.352 e. The van der Waals surface area contributed by atoms with Gasteiger partial charge >= 0.3 is 5.97 Å². The van der Waals surface area contributed by atoms with Crippen LogP contribution >= 0.6 is 0 Å². The van der Waals surface area contributed by atoms with Gasteiger partial charge in [-0.2, -0.15) is 5.26 Å². The number of carboxylic acid groups (broad SMARTS) is 1. The van der Waals surface area contributed by atoms with Gasteiger partial charge in [0.05, 0.1) is 11.6 Å². The van der Waals surface area contributed by atoms with E-state index >= 15 is 0 Å². The highest BCUT2D eigenvalue weighted by Crippen LogP contribution is 2.23. The number of hydrogen-bond donors (Lipinski definition) is 2. The van der Waals surface area contributed by atoms with Crippen molar-refractivity contribution < 1.29 is 19.1 Å². The molecule has 0 radical (unpaired) electrons. The fourth-order valence-electron chi connectivity index (χ4n) is 2.37. The molecule has 0 fully saturated rings. The summed E-state index contributed by atoms with van der Waals surface area (Å²) < 4.78 is 5.64. The third-order valence-corrected chi connectivity index (χ3v) is 3.73. The van der Waals surface area contributed by atoms with Gasteiger partial charge in [0, 0.05) is 17.2 Å². The largest absolute Gasteiger partial charge is 0.477 e. The molecule has 27 heavy (non-hydrogen) atoms. The first kappa shape index (κ1) is 17.7. The summed E-state index contributed by atoms with van der Waals surface area (Å²) in [7, 11) is 0. The van der Waals surface area contributed by atoms with Crippen molar-refractivity contribution in [3.05, 3.63) is 89.3 Å². The van der Waals surface area contributed by atoms with Crippen molar-refractivity contribution in [1.82, 2.24) is 5.32 Å². The standard InChI is InChI=1S/C21H14N2O4/c22-13-14-6-8-15(9-7-14)19-11-10-17(27-19)12-18(21(25)26)23-20(24)16-4-2-1-3-5-16/h1-12H,(H,23,24)(H,25,26)/b18-12+. The average molecular weight is 358 g/mol. The molecule has 0 atom stereocenters. The van der Waals surface area contributed by atoms with Crippen molar-refractivity contribution in [2.45, 2.75) is 0 Å². The van der Waals surface area contributed by atoms with E-state index < -0.39 is 11.9 Å². The van der Waals surface area contributed by atoms with Crippen LogP contribution in [0.15, 0.2) is 76.8 Å². The normalized spacial score (nSPS) is 10.9. The zero-order chi connectivity index (χ0) is 19.2. The predicted octanol–water partition coefficient (Wildman–Crippen LogP) is 3.67. The van der Waals surface area contributed by atoms with Gasteiger partial charge in [-0.1, -0.05) is 18.2 Å². The fraction of sp³-hybridized carbons (Fsp3) is 0. The van der Waals surface area contributed by atoms with Crippen molar-refractivity contribution in [2.75, 3.05) is 0 Å². The Bertz CT molecular complexity index is 1040. The number of amides is 1. The van der Waals surface area contributed by atoms with Gasteiger partial charge in [-0.15, -0.1) is 0 Å². The van der Waals surface area contributed by atoms with Crippen LogP contribution in [0, 0.1) is 11.3 Å². The monoisotopic (exact) mass is 358 g/mol. The molecule has 3 aromatic rings. The average Bonchev–Trinajstić information content (AvgIpc) is 3.16. The van der Waals surface area contributed by atoms with E-state index in [4.69, 9.17) is 9.68 Å². The van der Waals surface area contributed by atoms with E-state index in [-0.39, 0.29) is 11.5 Å². The van der Waals surface area contributed by atoms with Crippen LogP contribution in [0.3, 0.4) is 0 Å². The van der Waals surface area contributed by atoms with Crippen LogP contribution in [0.4, 0.5) is 0 Å². The van der Waals surface area contributed by atoms with E-state index in [1.165, 1.54) is 6.08 Å². The lowest BCUT2D eigenvalue weighted by atomic mass is 10.1. The first-order valence-electron chi connectivity index (χ1n) is 7.98. The van der Waals surface area contributed by atoms with E-state index in [1.807, 2.05) is 6.07 Å². The minimum atomic E-state index is -1.28. The number of nitriles is 1. The van der Waals surface area contributed by atoms with E-state index in [2.05, 4.69) is 5.32 Å². The molecular weight excluding hydrogens is 344 g/mol. The summed E-state index contributed by atoms with van der Waals surface area (Å²) in [5.41, 5.74) is 1.33.